The number of nitrogens with one attached hydrogen (secondary N) is 5. The lowest BCUT2D eigenvalue weighted by atomic mass is 10.1. The number of fused-ring (bicyclic) bond motifs is 1. The molecule has 0 spiro atoms. The maximum absolute atomic E-state index is 15.4. The number of amides is 1. The number of hydrogen-bond donors (Lipinski definition) is 6. The Morgan fingerprint density at radius 2 is 1.74 bits per heavy atom. The summed E-state index contributed by atoms with van der Waals surface area (Å²) in [5.74, 6) is -4.57. The Bertz CT molecular complexity index is 1710. The van der Waals surface area contributed by atoms with Gasteiger partial charge >= 0.3 is 5.97 Å². The molecule has 1 amide bonds. The fourth-order valence-electron chi connectivity index (χ4n) is 5.11. The molecule has 1 fully saturated rings. The van der Waals surface area contributed by atoms with Crippen molar-refractivity contribution in [3.63, 3.8) is 0 Å². The second kappa shape index (κ2) is 12.2. The smallest absolute Gasteiger partial charge is 0.323 e. The van der Waals surface area contributed by atoms with E-state index in [0.29, 0.717) is 24.2 Å². The van der Waals surface area contributed by atoms with Gasteiger partial charge in [-0.2, -0.15) is 4.72 Å². The number of aliphatic carboxylic acids is 1. The minimum absolute atomic E-state index is 0.0801. The molecule has 1 aromatic heterocycles. The van der Waals surface area contributed by atoms with E-state index in [1.54, 1.807) is 32.9 Å². The summed E-state index contributed by atoms with van der Waals surface area (Å²) in [6.07, 6.45) is 0.718. The molecule has 0 saturated carbocycles. The SMILES string of the molecule is Cc1cc(C)c(S(=O)(=O)NC(CNC(=O)c2cn(C)c3c(F)c(CNC4NCCN4)c(F)cc3c2=O)C(=O)O)c(C)c1. The Hall–Kier alpha value is -3.76. The number of nitrogens with zero attached hydrogens (tertiary/aromatic N) is 1. The Kier molecular flexibility index (Phi) is 9.08. The first-order valence-corrected chi connectivity index (χ1v) is 14.5. The molecule has 12 nitrogen and oxygen atoms in total. The first kappa shape index (κ1) is 31.2. The molecule has 1 saturated heterocycles. The summed E-state index contributed by atoms with van der Waals surface area (Å²) in [6.45, 7) is 5.43. The summed E-state index contributed by atoms with van der Waals surface area (Å²) in [5.41, 5.74) is -0.338. The zero-order chi connectivity index (χ0) is 30.9. The number of carbonyl (C=O) groups excluding carboxylic acids is 1. The number of sulfonamides is 1. The topological polar surface area (TPSA) is 171 Å². The molecule has 2 heterocycles. The lowest BCUT2D eigenvalue weighted by Crippen LogP contribution is -2.49. The van der Waals surface area contributed by atoms with Crippen LogP contribution >= 0.6 is 0 Å². The van der Waals surface area contributed by atoms with E-state index < -0.39 is 57.1 Å². The van der Waals surface area contributed by atoms with Crippen molar-refractivity contribution >= 4 is 32.8 Å². The van der Waals surface area contributed by atoms with Gasteiger partial charge in [0.2, 0.25) is 15.5 Å². The van der Waals surface area contributed by atoms with Crippen LogP contribution in [-0.4, -0.2) is 61.9 Å². The minimum Gasteiger partial charge on any atom is -0.480 e. The standard InChI is InChI=1S/C27H32F2N6O6S/c1-13-7-14(2)24(15(3)8-13)42(40,41)34-20(26(38)39)11-32-25(37)18-12-35(4)22-16(23(18)36)9-19(28)17(21(22)29)10-33-27-30-5-6-31-27/h7-9,12,20,27,30-31,33-34H,5-6,10-11H2,1-4H3,(H,32,37)(H,38,39). The van der Waals surface area contributed by atoms with Crippen LogP contribution in [0, 0.1) is 32.4 Å². The number of carboxylic acids is 1. The summed E-state index contributed by atoms with van der Waals surface area (Å²) >= 11 is 0. The average Bonchev–Trinajstić information content (AvgIpc) is 3.40. The molecule has 0 aliphatic carbocycles. The van der Waals surface area contributed by atoms with Crippen molar-refractivity contribution in [1.82, 2.24) is 30.6 Å². The molecule has 15 heteroatoms. The molecular formula is C27H32F2N6O6S. The van der Waals surface area contributed by atoms with E-state index in [1.807, 2.05) is 0 Å². The fraction of sp³-hybridized carbons (Fsp3) is 0.370. The maximum Gasteiger partial charge on any atom is 0.323 e. The lowest BCUT2D eigenvalue weighted by Gasteiger charge is -2.19. The van der Waals surface area contributed by atoms with Crippen LogP contribution in [0.2, 0.25) is 0 Å². The zero-order valence-corrected chi connectivity index (χ0v) is 24.2. The van der Waals surface area contributed by atoms with E-state index in [-0.39, 0.29) is 34.2 Å². The van der Waals surface area contributed by atoms with Gasteiger partial charge in [-0.1, -0.05) is 17.7 Å². The second-order valence-electron chi connectivity index (χ2n) is 10.2. The van der Waals surface area contributed by atoms with Crippen molar-refractivity contribution in [1.29, 1.82) is 0 Å². The van der Waals surface area contributed by atoms with Gasteiger partial charge in [-0.15, -0.1) is 0 Å². The van der Waals surface area contributed by atoms with Crippen LogP contribution in [0.5, 0.6) is 0 Å². The van der Waals surface area contributed by atoms with Crippen molar-refractivity contribution in [3.8, 4) is 0 Å². The lowest BCUT2D eigenvalue weighted by molar-refractivity contribution is -0.138. The third-order valence-electron chi connectivity index (χ3n) is 6.94. The number of pyridine rings is 1. The highest BCUT2D eigenvalue weighted by Crippen LogP contribution is 2.23. The first-order chi connectivity index (χ1) is 19.7. The van der Waals surface area contributed by atoms with Gasteiger partial charge in [0.15, 0.2) is 5.82 Å². The Balaban J connectivity index is 1.56. The van der Waals surface area contributed by atoms with Crippen LogP contribution in [0.25, 0.3) is 10.9 Å². The van der Waals surface area contributed by atoms with Gasteiger partial charge in [-0.25, -0.2) is 17.2 Å². The van der Waals surface area contributed by atoms with Crippen molar-refractivity contribution < 1.29 is 31.9 Å². The van der Waals surface area contributed by atoms with Gasteiger partial charge in [0.05, 0.1) is 15.8 Å². The molecule has 3 aromatic rings. The largest absolute Gasteiger partial charge is 0.480 e. The van der Waals surface area contributed by atoms with Gasteiger partial charge in [0.1, 0.15) is 23.7 Å². The number of halogens is 2. The molecule has 0 bridgehead atoms. The Labute approximate surface area is 240 Å². The number of carboxylic acid groups (broad SMARTS) is 1. The number of aromatic nitrogens is 1. The molecule has 226 valence electrons. The van der Waals surface area contributed by atoms with Crippen LogP contribution in [0.4, 0.5) is 8.78 Å². The van der Waals surface area contributed by atoms with E-state index in [1.165, 1.54) is 7.05 Å². The Morgan fingerprint density at radius 1 is 1.12 bits per heavy atom. The van der Waals surface area contributed by atoms with Crippen LogP contribution in [0.1, 0.15) is 32.6 Å². The molecule has 0 radical (unpaired) electrons. The van der Waals surface area contributed by atoms with Gasteiger partial charge in [0, 0.05) is 45.0 Å². The molecular weight excluding hydrogens is 574 g/mol. The molecule has 6 N–H and O–H groups in total. The zero-order valence-electron chi connectivity index (χ0n) is 23.4. The number of rotatable bonds is 10. The van der Waals surface area contributed by atoms with Crippen LogP contribution < -0.4 is 31.4 Å². The molecule has 1 aliphatic heterocycles. The third kappa shape index (κ3) is 6.34. The highest BCUT2D eigenvalue weighted by molar-refractivity contribution is 7.89. The van der Waals surface area contributed by atoms with E-state index in [2.05, 4.69) is 26.0 Å². The third-order valence-corrected chi connectivity index (χ3v) is 8.71. The van der Waals surface area contributed by atoms with Gasteiger partial charge in [0.25, 0.3) is 5.91 Å². The number of aryl methyl sites for hydroxylation is 4. The van der Waals surface area contributed by atoms with Crippen molar-refractivity contribution in [2.45, 2.75) is 44.5 Å². The predicted octanol–water partition coefficient (Wildman–Crippen LogP) is 0.469. The monoisotopic (exact) mass is 606 g/mol. The number of carbonyl (C=O) groups is 2. The predicted molar refractivity (Wildman–Crippen MR) is 150 cm³/mol. The van der Waals surface area contributed by atoms with E-state index >= 15 is 4.39 Å². The van der Waals surface area contributed by atoms with Crippen molar-refractivity contribution in [2.75, 3.05) is 19.6 Å². The second-order valence-corrected chi connectivity index (χ2v) is 11.9. The van der Waals surface area contributed by atoms with Crippen molar-refractivity contribution in [2.24, 2.45) is 7.05 Å². The van der Waals surface area contributed by atoms with E-state index in [0.717, 1.165) is 22.4 Å². The van der Waals surface area contributed by atoms with Gasteiger partial charge in [-0.3, -0.25) is 30.3 Å². The summed E-state index contributed by atoms with van der Waals surface area (Å²) < 4.78 is 59.7. The molecule has 1 atom stereocenters. The first-order valence-electron chi connectivity index (χ1n) is 13.0. The van der Waals surface area contributed by atoms with E-state index in [4.69, 9.17) is 0 Å². The van der Waals surface area contributed by atoms with Crippen LogP contribution in [-0.2, 0) is 28.4 Å². The Morgan fingerprint density at radius 3 is 2.33 bits per heavy atom. The minimum atomic E-state index is -4.31. The summed E-state index contributed by atoms with van der Waals surface area (Å²) in [7, 11) is -2.93. The van der Waals surface area contributed by atoms with Crippen molar-refractivity contribution in [3.05, 3.63) is 74.1 Å². The van der Waals surface area contributed by atoms with Gasteiger partial charge < -0.3 is 15.0 Å². The fourth-order valence-corrected chi connectivity index (χ4v) is 6.75. The van der Waals surface area contributed by atoms with Crippen LogP contribution in [0.3, 0.4) is 0 Å². The summed E-state index contributed by atoms with van der Waals surface area (Å²) in [4.78, 5) is 37.9. The highest BCUT2D eigenvalue weighted by Gasteiger charge is 2.29. The number of benzene rings is 2. The summed E-state index contributed by atoms with van der Waals surface area (Å²) in [5, 5.41) is 20.5. The molecule has 1 unspecified atom stereocenters. The normalized spacial score (nSPS) is 14.8. The average molecular weight is 607 g/mol. The highest BCUT2D eigenvalue weighted by atomic mass is 32.2. The van der Waals surface area contributed by atoms with Crippen LogP contribution in [0.15, 0.2) is 34.1 Å². The molecule has 1 aliphatic rings. The maximum atomic E-state index is 15.4. The number of hydrogen-bond acceptors (Lipinski definition) is 8. The quantitative estimate of drug-likeness (QED) is 0.192. The molecule has 42 heavy (non-hydrogen) atoms. The molecule has 2 aromatic carbocycles. The van der Waals surface area contributed by atoms with Gasteiger partial charge in [-0.05, 0) is 38.0 Å². The van der Waals surface area contributed by atoms with E-state index in [9.17, 15) is 32.3 Å². The molecule has 4 rings (SSSR count). The summed E-state index contributed by atoms with van der Waals surface area (Å²) in [6, 6.07) is 2.36.